The molecule has 0 atom stereocenters. The van der Waals surface area contributed by atoms with Crippen molar-refractivity contribution in [2.24, 2.45) is 10.5 Å². The first kappa shape index (κ1) is 16.1. The summed E-state index contributed by atoms with van der Waals surface area (Å²) in [5, 5.41) is 15.1. The molecule has 0 heterocycles. The van der Waals surface area contributed by atoms with Crippen LogP contribution in [0.1, 0.15) is 20.3 Å². The van der Waals surface area contributed by atoms with Crippen molar-refractivity contribution in [1.29, 1.82) is 0 Å². The Hall–Kier alpha value is -1.23. The van der Waals surface area contributed by atoms with Crippen molar-refractivity contribution in [3.8, 4) is 0 Å². The fourth-order valence-electron chi connectivity index (χ4n) is 2.11. The molecule has 112 valence electrons. The molecule has 0 amide bonds. The molecular formula is C14H13Cl3N2O2. The average molecular weight is 348 g/mol. The second-order valence-electron chi connectivity index (χ2n) is 5.37. The number of rotatable bonds is 2. The lowest BCUT2D eigenvalue weighted by atomic mass is 9.78. The van der Waals surface area contributed by atoms with Crippen LogP contribution < -0.4 is 5.43 Å². The third-order valence-corrected chi connectivity index (χ3v) is 3.90. The monoisotopic (exact) mass is 346 g/mol. The van der Waals surface area contributed by atoms with Crippen LogP contribution in [0.15, 0.2) is 29.1 Å². The Labute approximate surface area is 137 Å². The van der Waals surface area contributed by atoms with E-state index < -0.39 is 5.41 Å². The summed E-state index contributed by atoms with van der Waals surface area (Å²) in [6, 6.07) is 3.06. The molecule has 2 rings (SSSR count). The molecule has 2 N–H and O–H groups in total. The Balaban J connectivity index is 2.37. The summed E-state index contributed by atoms with van der Waals surface area (Å²) in [5.74, 6) is -0.302. The number of carbonyl (C=O) groups is 1. The maximum atomic E-state index is 11.5. The van der Waals surface area contributed by atoms with E-state index in [0.29, 0.717) is 26.5 Å². The van der Waals surface area contributed by atoms with Gasteiger partial charge in [0.1, 0.15) is 11.5 Å². The molecular weight excluding hydrogens is 335 g/mol. The molecule has 1 aromatic rings. The van der Waals surface area contributed by atoms with E-state index >= 15 is 0 Å². The predicted molar refractivity (Wildman–Crippen MR) is 86.6 cm³/mol. The van der Waals surface area contributed by atoms with Crippen molar-refractivity contribution in [3.63, 3.8) is 0 Å². The van der Waals surface area contributed by atoms with Gasteiger partial charge in [0.25, 0.3) is 0 Å². The number of carbonyl (C=O) groups excluding carboxylic acids is 1. The number of hydrogen-bond acceptors (Lipinski definition) is 4. The van der Waals surface area contributed by atoms with E-state index in [1.54, 1.807) is 0 Å². The van der Waals surface area contributed by atoms with Crippen LogP contribution in [-0.2, 0) is 4.79 Å². The SMILES string of the molecule is CC1(C)CC(=O)C=C(O)C1=NNc1c(Cl)cc(Cl)cc1Cl. The number of benzene rings is 1. The second-order valence-corrected chi connectivity index (χ2v) is 6.62. The highest BCUT2D eigenvalue weighted by Crippen LogP contribution is 2.35. The van der Waals surface area contributed by atoms with Crippen molar-refractivity contribution in [3.05, 3.63) is 39.0 Å². The molecule has 0 aliphatic heterocycles. The van der Waals surface area contributed by atoms with E-state index in [-0.39, 0.29) is 18.0 Å². The van der Waals surface area contributed by atoms with Gasteiger partial charge in [-0.15, -0.1) is 0 Å². The molecule has 1 aromatic carbocycles. The number of anilines is 1. The minimum Gasteiger partial charge on any atom is -0.506 e. The molecule has 1 aliphatic carbocycles. The van der Waals surface area contributed by atoms with Gasteiger partial charge in [0.2, 0.25) is 0 Å². The number of nitrogens with zero attached hydrogens (tertiary/aromatic N) is 1. The number of aliphatic hydroxyl groups excluding tert-OH is 1. The van der Waals surface area contributed by atoms with Crippen LogP contribution in [0, 0.1) is 5.41 Å². The van der Waals surface area contributed by atoms with Crippen LogP contribution in [0.5, 0.6) is 0 Å². The molecule has 0 unspecified atom stereocenters. The molecule has 1 aliphatic rings. The van der Waals surface area contributed by atoms with Gasteiger partial charge in [-0.05, 0) is 12.1 Å². The third kappa shape index (κ3) is 3.51. The van der Waals surface area contributed by atoms with Crippen LogP contribution in [0.3, 0.4) is 0 Å². The zero-order chi connectivity index (χ0) is 15.8. The van der Waals surface area contributed by atoms with E-state index in [1.165, 1.54) is 12.1 Å². The minimum absolute atomic E-state index is 0.140. The van der Waals surface area contributed by atoms with Gasteiger partial charge in [0, 0.05) is 22.9 Å². The lowest BCUT2D eigenvalue weighted by Gasteiger charge is -2.28. The summed E-state index contributed by atoms with van der Waals surface area (Å²) >= 11 is 17.9. The Kier molecular flexibility index (Phi) is 4.51. The van der Waals surface area contributed by atoms with Gasteiger partial charge in [-0.3, -0.25) is 10.2 Å². The van der Waals surface area contributed by atoms with Gasteiger partial charge in [-0.1, -0.05) is 48.7 Å². The third-order valence-electron chi connectivity index (χ3n) is 3.08. The van der Waals surface area contributed by atoms with Crippen LogP contribution in [0.4, 0.5) is 5.69 Å². The highest BCUT2D eigenvalue weighted by atomic mass is 35.5. The molecule has 0 aromatic heterocycles. The van der Waals surface area contributed by atoms with Crippen molar-refractivity contribution in [2.45, 2.75) is 20.3 Å². The summed E-state index contributed by atoms with van der Waals surface area (Å²) in [6.07, 6.45) is 1.43. The number of nitrogens with one attached hydrogen (secondary N) is 1. The van der Waals surface area contributed by atoms with Gasteiger partial charge in [0.15, 0.2) is 5.78 Å². The lowest BCUT2D eigenvalue weighted by molar-refractivity contribution is -0.116. The number of hydrazone groups is 1. The smallest absolute Gasteiger partial charge is 0.160 e. The number of hydrogen-bond donors (Lipinski definition) is 2. The number of aliphatic hydroxyl groups is 1. The van der Waals surface area contributed by atoms with Crippen LogP contribution in [0.2, 0.25) is 15.1 Å². The fourth-order valence-corrected chi connectivity index (χ4v) is 3.01. The first-order chi connectivity index (χ1) is 9.70. The van der Waals surface area contributed by atoms with E-state index in [9.17, 15) is 9.90 Å². The number of allylic oxidation sites excluding steroid dienone is 2. The van der Waals surface area contributed by atoms with E-state index in [2.05, 4.69) is 10.5 Å². The number of ketones is 1. The van der Waals surface area contributed by atoms with Crippen LogP contribution in [-0.4, -0.2) is 16.6 Å². The normalized spacial score (nSPS) is 19.6. The van der Waals surface area contributed by atoms with Gasteiger partial charge in [-0.2, -0.15) is 5.10 Å². The second kappa shape index (κ2) is 5.87. The molecule has 0 saturated carbocycles. The van der Waals surface area contributed by atoms with E-state index in [1.807, 2.05) is 13.8 Å². The van der Waals surface area contributed by atoms with Crippen molar-refractivity contribution < 1.29 is 9.90 Å². The molecule has 4 nitrogen and oxygen atoms in total. The van der Waals surface area contributed by atoms with Crippen molar-refractivity contribution >= 4 is 52.0 Å². The molecule has 0 spiro atoms. The molecule has 0 radical (unpaired) electrons. The maximum absolute atomic E-state index is 11.5. The lowest BCUT2D eigenvalue weighted by Crippen LogP contribution is -2.33. The molecule has 0 bridgehead atoms. The first-order valence-corrected chi connectivity index (χ1v) is 7.26. The number of halogens is 3. The van der Waals surface area contributed by atoms with Gasteiger partial charge in [0.05, 0.1) is 15.7 Å². The van der Waals surface area contributed by atoms with E-state index in [0.717, 1.165) is 6.08 Å². The molecule has 7 heteroatoms. The Morgan fingerprint density at radius 1 is 1.24 bits per heavy atom. The molecule has 21 heavy (non-hydrogen) atoms. The summed E-state index contributed by atoms with van der Waals surface area (Å²) in [4.78, 5) is 11.5. The predicted octanol–water partition coefficient (Wildman–Crippen LogP) is 4.86. The van der Waals surface area contributed by atoms with Gasteiger partial charge < -0.3 is 5.11 Å². The topological polar surface area (TPSA) is 61.7 Å². The van der Waals surface area contributed by atoms with Crippen LogP contribution >= 0.6 is 34.8 Å². The quantitative estimate of drug-likeness (QED) is 0.751. The highest BCUT2D eigenvalue weighted by molar-refractivity contribution is 6.41. The van der Waals surface area contributed by atoms with Crippen molar-refractivity contribution in [2.75, 3.05) is 5.43 Å². The van der Waals surface area contributed by atoms with Crippen LogP contribution in [0.25, 0.3) is 0 Å². The largest absolute Gasteiger partial charge is 0.506 e. The van der Waals surface area contributed by atoms with Gasteiger partial charge >= 0.3 is 0 Å². The summed E-state index contributed by atoms with van der Waals surface area (Å²) in [6.45, 7) is 3.64. The Morgan fingerprint density at radius 2 is 1.81 bits per heavy atom. The summed E-state index contributed by atoms with van der Waals surface area (Å²) in [5.41, 5.74) is 2.89. The Bertz CT molecular complexity index is 643. The Morgan fingerprint density at radius 3 is 2.33 bits per heavy atom. The molecule has 0 saturated heterocycles. The maximum Gasteiger partial charge on any atom is 0.160 e. The van der Waals surface area contributed by atoms with Gasteiger partial charge in [-0.25, -0.2) is 0 Å². The molecule has 0 fully saturated rings. The highest BCUT2D eigenvalue weighted by Gasteiger charge is 2.34. The minimum atomic E-state index is -0.589. The summed E-state index contributed by atoms with van der Waals surface area (Å²) in [7, 11) is 0. The average Bonchev–Trinajstić information content (AvgIpc) is 2.29. The summed E-state index contributed by atoms with van der Waals surface area (Å²) < 4.78 is 0. The standard InChI is InChI=1S/C14H13Cl3N2O2/c1-14(2)6-8(20)5-11(21)13(14)19-18-12-9(16)3-7(15)4-10(12)17/h3-5,18,21H,6H2,1-2H3. The fraction of sp³-hybridized carbons (Fsp3) is 0.286. The first-order valence-electron chi connectivity index (χ1n) is 6.13. The zero-order valence-electron chi connectivity index (χ0n) is 11.4. The zero-order valence-corrected chi connectivity index (χ0v) is 13.6. The van der Waals surface area contributed by atoms with E-state index in [4.69, 9.17) is 34.8 Å². The van der Waals surface area contributed by atoms with Crippen molar-refractivity contribution in [1.82, 2.24) is 0 Å².